The number of pyridine rings is 1. The molecule has 0 fully saturated rings. The van der Waals surface area contributed by atoms with Crippen molar-refractivity contribution in [2.75, 3.05) is 5.73 Å². The smallest absolute Gasteiger partial charge is 0.0607 e. The van der Waals surface area contributed by atoms with Crippen LogP contribution in [0.3, 0.4) is 0 Å². The number of anilines is 1. The highest BCUT2D eigenvalue weighted by atomic mass is 35.5. The third-order valence-corrected chi connectivity index (χ3v) is 3.12. The van der Waals surface area contributed by atoms with Gasteiger partial charge in [-0.1, -0.05) is 34.8 Å². The van der Waals surface area contributed by atoms with E-state index in [0.29, 0.717) is 20.8 Å². The summed E-state index contributed by atoms with van der Waals surface area (Å²) in [6.45, 7) is 0. The minimum Gasteiger partial charge on any atom is -0.397 e. The first kappa shape index (κ1) is 11.5. The normalized spacial score (nSPS) is 10.4. The van der Waals surface area contributed by atoms with Gasteiger partial charge in [0.2, 0.25) is 0 Å². The van der Waals surface area contributed by atoms with Crippen LogP contribution in [0.25, 0.3) is 11.1 Å². The van der Waals surface area contributed by atoms with Crippen LogP contribution in [0.4, 0.5) is 5.69 Å². The first-order valence-electron chi connectivity index (χ1n) is 4.43. The van der Waals surface area contributed by atoms with Crippen LogP contribution >= 0.6 is 34.8 Å². The maximum atomic E-state index is 6.08. The maximum absolute atomic E-state index is 6.08. The Hall–Kier alpha value is -0.960. The first-order valence-corrected chi connectivity index (χ1v) is 5.57. The molecule has 16 heavy (non-hydrogen) atoms. The molecule has 82 valence electrons. The number of hydrogen-bond acceptors (Lipinski definition) is 2. The zero-order valence-electron chi connectivity index (χ0n) is 8.05. The van der Waals surface area contributed by atoms with Crippen LogP contribution in [0.2, 0.25) is 15.1 Å². The monoisotopic (exact) mass is 272 g/mol. The largest absolute Gasteiger partial charge is 0.397 e. The zero-order valence-corrected chi connectivity index (χ0v) is 10.3. The van der Waals surface area contributed by atoms with Gasteiger partial charge in [0.1, 0.15) is 0 Å². The molecule has 0 aliphatic rings. The lowest BCUT2D eigenvalue weighted by atomic mass is 10.1. The van der Waals surface area contributed by atoms with Crippen molar-refractivity contribution in [3.8, 4) is 11.1 Å². The molecule has 2 rings (SSSR count). The number of benzene rings is 1. The van der Waals surface area contributed by atoms with Crippen molar-refractivity contribution in [3.05, 3.63) is 45.7 Å². The van der Waals surface area contributed by atoms with E-state index < -0.39 is 0 Å². The number of nitrogens with zero attached hydrogens (tertiary/aromatic N) is 1. The van der Waals surface area contributed by atoms with Gasteiger partial charge in [-0.15, -0.1) is 0 Å². The van der Waals surface area contributed by atoms with E-state index >= 15 is 0 Å². The van der Waals surface area contributed by atoms with E-state index in [9.17, 15) is 0 Å². The molecule has 0 atom stereocenters. The second-order valence-electron chi connectivity index (χ2n) is 3.25. The number of nitrogen functional groups attached to an aromatic ring is 1. The molecule has 2 aromatic rings. The van der Waals surface area contributed by atoms with Crippen molar-refractivity contribution < 1.29 is 0 Å². The molecular formula is C11H7Cl3N2. The molecule has 0 spiro atoms. The quantitative estimate of drug-likeness (QED) is 0.787. The summed E-state index contributed by atoms with van der Waals surface area (Å²) in [6.07, 6.45) is 3.23. The maximum Gasteiger partial charge on any atom is 0.0607 e. The summed E-state index contributed by atoms with van der Waals surface area (Å²) in [7, 11) is 0. The second kappa shape index (κ2) is 4.50. The molecular weight excluding hydrogens is 266 g/mol. The van der Waals surface area contributed by atoms with Crippen molar-refractivity contribution in [2.45, 2.75) is 0 Å². The third kappa shape index (κ3) is 2.24. The van der Waals surface area contributed by atoms with E-state index in [2.05, 4.69) is 4.98 Å². The number of hydrogen-bond donors (Lipinski definition) is 1. The van der Waals surface area contributed by atoms with Crippen LogP contribution < -0.4 is 5.73 Å². The SMILES string of the molecule is Nc1cncc(-c2cc(Cl)c(Cl)cc2Cl)c1. The molecule has 0 bridgehead atoms. The van der Waals surface area contributed by atoms with Gasteiger partial charge < -0.3 is 5.73 Å². The van der Waals surface area contributed by atoms with Gasteiger partial charge in [0, 0.05) is 23.5 Å². The number of aromatic nitrogens is 1. The predicted octanol–water partition coefficient (Wildman–Crippen LogP) is 4.29. The summed E-state index contributed by atoms with van der Waals surface area (Å²) in [5, 5.41) is 1.39. The van der Waals surface area contributed by atoms with Crippen molar-refractivity contribution in [3.63, 3.8) is 0 Å². The van der Waals surface area contributed by atoms with E-state index in [1.807, 2.05) is 0 Å². The van der Waals surface area contributed by atoms with Gasteiger partial charge in [0.15, 0.2) is 0 Å². The van der Waals surface area contributed by atoms with Crippen LogP contribution in [0.15, 0.2) is 30.6 Å². The number of rotatable bonds is 1. The van der Waals surface area contributed by atoms with Crippen molar-refractivity contribution in [1.29, 1.82) is 0 Å². The van der Waals surface area contributed by atoms with E-state index in [1.165, 1.54) is 0 Å². The minimum atomic E-state index is 0.423. The molecule has 0 saturated carbocycles. The lowest BCUT2D eigenvalue weighted by molar-refractivity contribution is 1.33. The molecule has 1 aromatic carbocycles. The fourth-order valence-corrected chi connectivity index (χ4v) is 2.00. The van der Waals surface area contributed by atoms with Gasteiger partial charge in [-0.2, -0.15) is 0 Å². The highest BCUT2D eigenvalue weighted by molar-refractivity contribution is 6.44. The molecule has 1 heterocycles. The van der Waals surface area contributed by atoms with Gasteiger partial charge in [-0.05, 0) is 18.2 Å². The van der Waals surface area contributed by atoms with E-state index in [4.69, 9.17) is 40.5 Å². The van der Waals surface area contributed by atoms with Crippen LogP contribution in [0.1, 0.15) is 0 Å². The Balaban J connectivity index is 2.60. The number of halogens is 3. The Labute approximate surface area is 108 Å². The summed E-state index contributed by atoms with van der Waals surface area (Å²) in [6, 6.07) is 5.07. The Bertz CT molecular complexity index is 541. The van der Waals surface area contributed by atoms with Crippen LogP contribution in [-0.2, 0) is 0 Å². The van der Waals surface area contributed by atoms with E-state index in [1.54, 1.807) is 30.6 Å². The molecule has 2 N–H and O–H groups in total. The topological polar surface area (TPSA) is 38.9 Å². The van der Waals surface area contributed by atoms with Gasteiger partial charge in [-0.25, -0.2) is 0 Å². The molecule has 0 amide bonds. The highest BCUT2D eigenvalue weighted by Gasteiger charge is 2.08. The summed E-state index contributed by atoms with van der Waals surface area (Å²) in [5.74, 6) is 0. The Kier molecular flexibility index (Phi) is 3.24. The molecule has 0 saturated heterocycles. The molecule has 1 aromatic heterocycles. The lowest BCUT2D eigenvalue weighted by Crippen LogP contribution is -1.88. The Morgan fingerprint density at radius 1 is 0.875 bits per heavy atom. The third-order valence-electron chi connectivity index (χ3n) is 2.08. The van der Waals surface area contributed by atoms with E-state index in [0.717, 1.165) is 11.1 Å². The Morgan fingerprint density at radius 3 is 2.25 bits per heavy atom. The summed E-state index contributed by atoms with van der Waals surface area (Å²) < 4.78 is 0. The van der Waals surface area contributed by atoms with Gasteiger partial charge in [0.25, 0.3) is 0 Å². The molecule has 0 aliphatic carbocycles. The van der Waals surface area contributed by atoms with Crippen molar-refractivity contribution >= 4 is 40.5 Å². The fourth-order valence-electron chi connectivity index (χ4n) is 1.35. The average Bonchev–Trinajstić information content (AvgIpc) is 2.23. The molecule has 0 unspecified atom stereocenters. The zero-order chi connectivity index (χ0) is 11.7. The minimum absolute atomic E-state index is 0.423. The second-order valence-corrected chi connectivity index (χ2v) is 4.47. The van der Waals surface area contributed by atoms with Crippen LogP contribution in [-0.4, -0.2) is 4.98 Å². The number of nitrogens with two attached hydrogens (primary N) is 1. The van der Waals surface area contributed by atoms with Crippen LogP contribution in [0.5, 0.6) is 0 Å². The van der Waals surface area contributed by atoms with Crippen LogP contribution in [0, 0.1) is 0 Å². The molecule has 0 radical (unpaired) electrons. The van der Waals surface area contributed by atoms with Gasteiger partial charge in [-0.3, -0.25) is 4.98 Å². The summed E-state index contributed by atoms with van der Waals surface area (Å²) >= 11 is 17.9. The summed E-state index contributed by atoms with van der Waals surface area (Å²) in [5.41, 5.74) is 7.79. The predicted molar refractivity (Wildman–Crippen MR) is 69.1 cm³/mol. The first-order chi connectivity index (χ1) is 7.58. The van der Waals surface area contributed by atoms with E-state index in [-0.39, 0.29) is 0 Å². The lowest BCUT2D eigenvalue weighted by Gasteiger charge is -2.06. The van der Waals surface area contributed by atoms with Crippen molar-refractivity contribution in [1.82, 2.24) is 4.98 Å². The van der Waals surface area contributed by atoms with Gasteiger partial charge in [0.05, 0.1) is 20.8 Å². The van der Waals surface area contributed by atoms with Gasteiger partial charge >= 0.3 is 0 Å². The molecule has 5 heteroatoms. The standard InChI is InChI=1S/C11H7Cl3N2/c12-9-3-11(14)10(13)2-8(9)6-1-7(15)5-16-4-6/h1-5H,15H2. The highest BCUT2D eigenvalue weighted by Crippen LogP contribution is 2.35. The fraction of sp³-hybridized carbons (Fsp3) is 0. The van der Waals surface area contributed by atoms with Crippen molar-refractivity contribution in [2.24, 2.45) is 0 Å². The molecule has 0 aliphatic heterocycles. The summed E-state index contributed by atoms with van der Waals surface area (Å²) in [4.78, 5) is 3.99. The Morgan fingerprint density at radius 2 is 1.56 bits per heavy atom. The molecule has 2 nitrogen and oxygen atoms in total. The average molecular weight is 274 g/mol.